The zero-order valence-electron chi connectivity index (χ0n) is 41.2. The Kier molecular flexibility index (Phi) is 36.0. The number of aliphatic hydroxyl groups is 7. The van der Waals surface area contributed by atoms with Gasteiger partial charge in [-0.2, -0.15) is 0 Å². The number of carbonyl (C=O) groups excluding carboxylic acids is 2. The molecule has 0 bridgehead atoms. The molecule has 2 fully saturated rings. The van der Waals surface area contributed by atoms with Gasteiger partial charge in [-0.15, -0.1) is 0 Å². The number of hydrogen-bond acceptors (Lipinski definition) is 15. The van der Waals surface area contributed by atoms with Crippen LogP contribution in [0.3, 0.4) is 0 Å². The van der Waals surface area contributed by atoms with E-state index in [-0.39, 0.29) is 26.1 Å². The van der Waals surface area contributed by atoms with Crippen molar-refractivity contribution in [3.63, 3.8) is 0 Å². The van der Waals surface area contributed by atoms with Crippen molar-refractivity contribution in [3.8, 4) is 0 Å². The van der Waals surface area contributed by atoms with Gasteiger partial charge in [0.2, 0.25) is 0 Å². The molecule has 0 radical (unpaired) electrons. The smallest absolute Gasteiger partial charge is 0.306 e. The van der Waals surface area contributed by atoms with Crippen LogP contribution in [0.5, 0.6) is 0 Å². The van der Waals surface area contributed by atoms with Gasteiger partial charge in [-0.25, -0.2) is 0 Å². The molecule has 15 nitrogen and oxygen atoms in total. The van der Waals surface area contributed by atoms with Crippen molar-refractivity contribution < 1.29 is 73.8 Å². The van der Waals surface area contributed by atoms with Gasteiger partial charge in [0.15, 0.2) is 18.7 Å². The van der Waals surface area contributed by atoms with Crippen LogP contribution in [0.15, 0.2) is 0 Å². The minimum Gasteiger partial charge on any atom is -0.462 e. The minimum atomic E-state index is -1.76. The Balaban J connectivity index is 1.72. The summed E-state index contributed by atoms with van der Waals surface area (Å²) in [6, 6.07) is 0. The summed E-state index contributed by atoms with van der Waals surface area (Å²) >= 11 is 0. The number of ether oxygens (including phenoxy) is 6. The highest BCUT2D eigenvalue weighted by Crippen LogP contribution is 2.27. The quantitative estimate of drug-likeness (QED) is 0.0231. The van der Waals surface area contributed by atoms with Crippen molar-refractivity contribution in [2.45, 2.75) is 287 Å². The lowest BCUT2D eigenvalue weighted by Gasteiger charge is -2.42. The number of carbonyl (C=O) groups is 2. The van der Waals surface area contributed by atoms with Crippen molar-refractivity contribution in [2.75, 3.05) is 26.4 Å². The summed E-state index contributed by atoms with van der Waals surface area (Å²) in [5, 5.41) is 72.0. The molecule has 0 spiro atoms. The molecule has 7 N–H and O–H groups in total. The maximum absolute atomic E-state index is 13.0. The third kappa shape index (κ3) is 27.0. The SMILES string of the molecule is CCCCCCCCCCCCCCCCCCCCCCCCC(=O)OC(COC(=O)CCCCCCCCCC)COC1OC(COC2OC(CO)C(O)C(O)C2O)C(O)C(O)C1O. The van der Waals surface area contributed by atoms with Crippen LogP contribution in [0.2, 0.25) is 0 Å². The van der Waals surface area contributed by atoms with Crippen LogP contribution in [-0.4, -0.2) is 142 Å². The lowest BCUT2D eigenvalue weighted by Crippen LogP contribution is -2.61. The summed E-state index contributed by atoms with van der Waals surface area (Å²) in [5.74, 6) is -0.915. The van der Waals surface area contributed by atoms with Gasteiger partial charge < -0.3 is 64.2 Å². The van der Waals surface area contributed by atoms with Gasteiger partial charge >= 0.3 is 11.9 Å². The fourth-order valence-electron chi connectivity index (χ4n) is 8.69. The van der Waals surface area contributed by atoms with Crippen LogP contribution in [0.25, 0.3) is 0 Å². The average Bonchev–Trinajstić information content (AvgIpc) is 3.31. The van der Waals surface area contributed by atoms with Crippen LogP contribution >= 0.6 is 0 Å². The molecule has 11 atom stereocenters. The van der Waals surface area contributed by atoms with E-state index in [0.29, 0.717) is 12.8 Å². The molecule has 0 aromatic carbocycles. The molecule has 0 saturated carbocycles. The molecule has 2 heterocycles. The monoisotopic (exact) mass is 949 g/mol. The highest BCUT2D eigenvalue weighted by Gasteiger charge is 2.47. The number of unbranched alkanes of at least 4 members (excludes halogenated alkanes) is 28. The van der Waals surface area contributed by atoms with Gasteiger partial charge in [-0.1, -0.05) is 194 Å². The molecule has 0 aliphatic carbocycles. The van der Waals surface area contributed by atoms with Crippen LogP contribution in [0, 0.1) is 0 Å². The molecule has 2 aliphatic heterocycles. The van der Waals surface area contributed by atoms with Crippen molar-refractivity contribution in [1.29, 1.82) is 0 Å². The Morgan fingerprint density at radius 3 is 1.18 bits per heavy atom. The van der Waals surface area contributed by atoms with Crippen molar-refractivity contribution in [3.05, 3.63) is 0 Å². The summed E-state index contributed by atoms with van der Waals surface area (Å²) in [6.45, 7) is 2.59. The molecule has 0 aromatic rings. The van der Waals surface area contributed by atoms with E-state index in [1.165, 1.54) is 141 Å². The third-order valence-corrected chi connectivity index (χ3v) is 13.1. The Hall–Kier alpha value is -1.50. The van der Waals surface area contributed by atoms with E-state index in [2.05, 4.69) is 13.8 Å². The summed E-state index contributed by atoms with van der Waals surface area (Å²) in [7, 11) is 0. The average molecular weight is 949 g/mol. The van der Waals surface area contributed by atoms with Gasteiger partial charge in [0.1, 0.15) is 55.4 Å². The highest BCUT2D eigenvalue weighted by atomic mass is 16.7. The first-order valence-corrected chi connectivity index (χ1v) is 26.6. The fourth-order valence-corrected chi connectivity index (χ4v) is 8.69. The first-order valence-electron chi connectivity index (χ1n) is 26.6. The van der Waals surface area contributed by atoms with E-state index in [1.807, 2.05) is 0 Å². The van der Waals surface area contributed by atoms with E-state index in [1.54, 1.807) is 0 Å². The summed E-state index contributed by atoms with van der Waals surface area (Å²) in [5.41, 5.74) is 0. The Labute approximate surface area is 398 Å². The normalized spacial score (nSPS) is 26.1. The van der Waals surface area contributed by atoms with Crippen LogP contribution in [-0.2, 0) is 38.0 Å². The number of hydrogen-bond donors (Lipinski definition) is 7. The molecule has 11 unspecified atom stereocenters. The third-order valence-electron chi connectivity index (χ3n) is 13.1. The number of esters is 2. The zero-order chi connectivity index (χ0) is 48.2. The molecule has 15 heteroatoms. The van der Waals surface area contributed by atoms with E-state index in [9.17, 15) is 45.3 Å². The van der Waals surface area contributed by atoms with Crippen LogP contribution < -0.4 is 0 Å². The van der Waals surface area contributed by atoms with Crippen LogP contribution in [0.4, 0.5) is 0 Å². The maximum Gasteiger partial charge on any atom is 0.306 e. The van der Waals surface area contributed by atoms with Crippen molar-refractivity contribution in [2.24, 2.45) is 0 Å². The second-order valence-corrected chi connectivity index (χ2v) is 19.1. The second kappa shape index (κ2) is 39.2. The predicted octanol–water partition coefficient (Wildman–Crippen LogP) is 7.61. The van der Waals surface area contributed by atoms with E-state index >= 15 is 0 Å². The summed E-state index contributed by atoms with van der Waals surface area (Å²) in [4.78, 5) is 25.6. The van der Waals surface area contributed by atoms with Crippen LogP contribution in [0.1, 0.15) is 219 Å². The Morgan fingerprint density at radius 2 is 0.773 bits per heavy atom. The highest BCUT2D eigenvalue weighted by molar-refractivity contribution is 5.70. The van der Waals surface area contributed by atoms with Gasteiger partial charge in [-0.05, 0) is 12.8 Å². The van der Waals surface area contributed by atoms with E-state index in [0.717, 1.165) is 38.5 Å². The molecular formula is C51H96O15. The molecule has 0 aromatic heterocycles. The standard InChI is InChI=1S/C51H96O15/c1-3-5-7-9-11-13-14-15-16-17-18-19-20-21-22-23-24-25-26-28-30-32-34-43(54)64-39(36-61-42(53)33-31-29-27-12-10-8-6-4-2)37-62-50-49(60)47(58)45(56)41(66-50)38-63-51-48(59)46(57)44(55)40(35-52)65-51/h39-41,44-52,55-60H,3-38H2,1-2H3. The molecule has 390 valence electrons. The van der Waals surface area contributed by atoms with Crippen molar-refractivity contribution in [1.82, 2.24) is 0 Å². The molecule has 2 saturated heterocycles. The summed E-state index contributed by atoms with van der Waals surface area (Å²) in [6.07, 6.45) is 20.2. The number of rotatable bonds is 42. The topological polar surface area (TPSA) is 231 Å². The van der Waals surface area contributed by atoms with Gasteiger partial charge in [0.05, 0.1) is 19.8 Å². The lowest BCUT2D eigenvalue weighted by atomic mass is 9.98. The lowest BCUT2D eigenvalue weighted by molar-refractivity contribution is -0.332. The van der Waals surface area contributed by atoms with Gasteiger partial charge in [-0.3, -0.25) is 9.59 Å². The second-order valence-electron chi connectivity index (χ2n) is 19.1. The molecule has 66 heavy (non-hydrogen) atoms. The predicted molar refractivity (Wildman–Crippen MR) is 252 cm³/mol. The zero-order valence-corrected chi connectivity index (χ0v) is 41.2. The summed E-state index contributed by atoms with van der Waals surface area (Å²) < 4.78 is 33.5. The fraction of sp³-hybridized carbons (Fsp3) is 0.961. The van der Waals surface area contributed by atoms with E-state index in [4.69, 9.17) is 28.4 Å². The Bertz CT molecular complexity index is 1160. The number of aliphatic hydroxyl groups excluding tert-OH is 7. The van der Waals surface area contributed by atoms with Gasteiger partial charge in [0, 0.05) is 12.8 Å². The first-order chi connectivity index (χ1) is 32.0. The Morgan fingerprint density at radius 1 is 0.424 bits per heavy atom. The molecular weight excluding hydrogens is 853 g/mol. The van der Waals surface area contributed by atoms with E-state index < -0.39 is 92.7 Å². The minimum absolute atomic E-state index is 0.173. The van der Waals surface area contributed by atoms with Gasteiger partial charge in [0.25, 0.3) is 0 Å². The molecule has 2 rings (SSSR count). The molecule has 0 amide bonds. The first kappa shape index (κ1) is 60.6. The molecule has 2 aliphatic rings. The maximum atomic E-state index is 13.0. The largest absolute Gasteiger partial charge is 0.462 e. The van der Waals surface area contributed by atoms with Crippen molar-refractivity contribution >= 4 is 11.9 Å².